The van der Waals surface area contributed by atoms with Gasteiger partial charge in [-0.3, -0.25) is 9.89 Å². The number of hydrogen-bond donors (Lipinski definition) is 2. The molecule has 0 spiro atoms. The maximum Gasteiger partial charge on any atom is 0.234 e. The molecule has 7 heteroatoms. The van der Waals surface area contributed by atoms with Crippen molar-refractivity contribution in [3.8, 4) is 0 Å². The van der Waals surface area contributed by atoms with Gasteiger partial charge in [-0.1, -0.05) is 48.2 Å². The van der Waals surface area contributed by atoms with Crippen LogP contribution >= 0.6 is 11.8 Å². The van der Waals surface area contributed by atoms with Crippen LogP contribution < -0.4 is 5.32 Å². The minimum absolute atomic E-state index is 0.0992. The summed E-state index contributed by atoms with van der Waals surface area (Å²) in [5.74, 6) is 0.151. The van der Waals surface area contributed by atoms with Gasteiger partial charge < -0.3 is 5.32 Å². The van der Waals surface area contributed by atoms with E-state index >= 15 is 0 Å². The average Bonchev–Trinajstić information content (AvgIpc) is 3.13. The monoisotopic (exact) mass is 335 g/mol. The summed E-state index contributed by atoms with van der Waals surface area (Å²) in [6, 6.07) is 15.6. The molecule has 1 amide bonds. The van der Waals surface area contributed by atoms with E-state index in [2.05, 4.69) is 25.5 Å². The van der Waals surface area contributed by atoms with Crippen molar-refractivity contribution >= 4 is 45.2 Å². The summed E-state index contributed by atoms with van der Waals surface area (Å²) in [5.41, 5.74) is 2.50. The fraction of sp³-hybridized carbons (Fsp3) is 0.0588. The van der Waals surface area contributed by atoms with Crippen molar-refractivity contribution in [2.75, 3.05) is 11.1 Å². The van der Waals surface area contributed by atoms with Gasteiger partial charge in [0.05, 0.1) is 22.5 Å². The fourth-order valence-corrected chi connectivity index (χ4v) is 3.13. The lowest BCUT2D eigenvalue weighted by molar-refractivity contribution is -0.113. The van der Waals surface area contributed by atoms with E-state index in [0.29, 0.717) is 5.16 Å². The van der Waals surface area contributed by atoms with Crippen molar-refractivity contribution in [1.29, 1.82) is 0 Å². The van der Waals surface area contributed by atoms with Gasteiger partial charge in [-0.05, 0) is 12.1 Å². The average molecular weight is 335 g/mol. The quantitative estimate of drug-likeness (QED) is 0.442. The number of benzene rings is 2. The standard InChI is InChI=1S/C17H13N5OS/c23-15(9-24-17-18-10-19-22-17)21-16-11-5-1-3-7-13(11)20-14-8-4-2-6-12(14)16/h1-8,10H,9H2,(H,18,19,22)(H,20,21,23). The summed E-state index contributed by atoms with van der Waals surface area (Å²) in [6.45, 7) is 0. The Hall–Kier alpha value is -2.93. The van der Waals surface area contributed by atoms with Crippen molar-refractivity contribution in [1.82, 2.24) is 20.2 Å². The van der Waals surface area contributed by atoms with E-state index in [1.54, 1.807) is 0 Å². The molecule has 0 bridgehead atoms. The van der Waals surface area contributed by atoms with E-state index in [-0.39, 0.29) is 11.7 Å². The summed E-state index contributed by atoms with van der Waals surface area (Å²) < 4.78 is 0. The molecule has 0 aliphatic heterocycles. The predicted octanol–water partition coefficient (Wildman–Crippen LogP) is 3.24. The van der Waals surface area contributed by atoms with Crippen LogP contribution in [0.15, 0.2) is 60.0 Å². The van der Waals surface area contributed by atoms with Crippen LogP contribution in [0.5, 0.6) is 0 Å². The lowest BCUT2D eigenvalue weighted by Crippen LogP contribution is -2.15. The molecular formula is C17H13N5OS. The van der Waals surface area contributed by atoms with Gasteiger partial charge in [-0.2, -0.15) is 5.10 Å². The highest BCUT2D eigenvalue weighted by atomic mass is 32.2. The topological polar surface area (TPSA) is 83.6 Å². The number of hydrogen-bond acceptors (Lipinski definition) is 5. The van der Waals surface area contributed by atoms with Gasteiger partial charge >= 0.3 is 0 Å². The zero-order valence-electron chi connectivity index (χ0n) is 12.6. The molecule has 4 rings (SSSR count). The highest BCUT2D eigenvalue weighted by Crippen LogP contribution is 2.30. The summed E-state index contributed by atoms with van der Waals surface area (Å²) >= 11 is 1.31. The van der Waals surface area contributed by atoms with Gasteiger partial charge in [0, 0.05) is 10.8 Å². The minimum Gasteiger partial charge on any atom is -0.324 e. The third-order valence-electron chi connectivity index (χ3n) is 3.58. The molecule has 6 nitrogen and oxygen atoms in total. The van der Waals surface area contributed by atoms with Crippen molar-refractivity contribution in [2.24, 2.45) is 0 Å². The number of thioether (sulfide) groups is 1. The largest absolute Gasteiger partial charge is 0.324 e. The zero-order chi connectivity index (χ0) is 16.4. The molecule has 2 N–H and O–H groups in total. The second-order valence-electron chi connectivity index (χ2n) is 5.15. The number of aromatic amines is 1. The number of para-hydroxylation sites is 2. The summed E-state index contributed by atoms with van der Waals surface area (Å²) in [7, 11) is 0. The van der Waals surface area contributed by atoms with Crippen LogP contribution in [0.3, 0.4) is 0 Å². The van der Waals surface area contributed by atoms with Crippen molar-refractivity contribution in [3.63, 3.8) is 0 Å². The van der Waals surface area contributed by atoms with Crippen molar-refractivity contribution in [2.45, 2.75) is 5.16 Å². The molecule has 24 heavy (non-hydrogen) atoms. The Balaban J connectivity index is 1.69. The second-order valence-corrected chi connectivity index (χ2v) is 6.11. The number of rotatable bonds is 4. The number of pyridine rings is 1. The number of carbonyl (C=O) groups is 1. The van der Waals surface area contributed by atoms with Gasteiger partial charge in [-0.15, -0.1) is 0 Å². The number of nitrogens with one attached hydrogen (secondary N) is 2. The third-order valence-corrected chi connectivity index (χ3v) is 4.46. The SMILES string of the molecule is O=C(CSc1ncn[nH]1)Nc1c2ccccc2nc2ccccc12. The fourth-order valence-electron chi connectivity index (χ4n) is 2.55. The van der Waals surface area contributed by atoms with Crippen LogP contribution in [0.2, 0.25) is 0 Å². The highest BCUT2D eigenvalue weighted by Gasteiger charge is 2.12. The van der Waals surface area contributed by atoms with E-state index in [4.69, 9.17) is 0 Å². The maximum absolute atomic E-state index is 12.4. The van der Waals surface area contributed by atoms with Gasteiger partial charge in [0.2, 0.25) is 5.91 Å². The van der Waals surface area contributed by atoms with Gasteiger partial charge in [0.15, 0.2) is 5.16 Å². The zero-order valence-corrected chi connectivity index (χ0v) is 13.4. The molecule has 0 aliphatic carbocycles. The lowest BCUT2D eigenvalue weighted by Gasteiger charge is -2.12. The molecule has 0 saturated carbocycles. The first kappa shape index (κ1) is 14.6. The minimum atomic E-state index is -0.0992. The van der Waals surface area contributed by atoms with Crippen LogP contribution in [-0.2, 0) is 4.79 Å². The smallest absolute Gasteiger partial charge is 0.234 e. The Labute approximate surface area is 141 Å². The van der Waals surface area contributed by atoms with E-state index in [1.807, 2.05) is 48.5 Å². The Morgan fingerprint density at radius 2 is 1.71 bits per heavy atom. The molecular weight excluding hydrogens is 322 g/mol. The Morgan fingerprint density at radius 1 is 1.04 bits per heavy atom. The molecule has 0 aliphatic rings. The molecule has 2 aromatic carbocycles. The Bertz CT molecular complexity index is 962. The van der Waals surface area contributed by atoms with E-state index in [0.717, 1.165) is 27.5 Å². The number of fused-ring (bicyclic) bond motifs is 2. The number of H-pyrrole nitrogens is 1. The molecule has 118 valence electrons. The van der Waals surface area contributed by atoms with Crippen LogP contribution in [0.25, 0.3) is 21.8 Å². The number of carbonyl (C=O) groups excluding carboxylic acids is 1. The number of anilines is 1. The van der Waals surface area contributed by atoms with Gasteiger partial charge in [0.25, 0.3) is 0 Å². The summed E-state index contributed by atoms with van der Waals surface area (Å²) in [6.07, 6.45) is 1.42. The molecule has 0 radical (unpaired) electrons. The summed E-state index contributed by atoms with van der Waals surface area (Å²) in [4.78, 5) is 21.0. The molecule has 0 saturated heterocycles. The molecule has 0 fully saturated rings. The maximum atomic E-state index is 12.4. The van der Waals surface area contributed by atoms with E-state index < -0.39 is 0 Å². The Kier molecular flexibility index (Phi) is 3.84. The van der Waals surface area contributed by atoms with Gasteiger partial charge in [0.1, 0.15) is 6.33 Å². The van der Waals surface area contributed by atoms with Crippen LogP contribution in [0, 0.1) is 0 Å². The first-order valence-electron chi connectivity index (χ1n) is 7.37. The molecule has 2 heterocycles. The number of nitrogens with zero attached hydrogens (tertiary/aromatic N) is 3. The van der Waals surface area contributed by atoms with Crippen molar-refractivity contribution < 1.29 is 4.79 Å². The van der Waals surface area contributed by atoms with Crippen LogP contribution in [0.1, 0.15) is 0 Å². The normalized spacial score (nSPS) is 11.0. The first-order valence-corrected chi connectivity index (χ1v) is 8.35. The highest BCUT2D eigenvalue weighted by molar-refractivity contribution is 7.99. The van der Waals surface area contributed by atoms with E-state index in [1.165, 1.54) is 18.1 Å². The van der Waals surface area contributed by atoms with Gasteiger partial charge in [-0.25, -0.2) is 9.97 Å². The number of amides is 1. The predicted molar refractivity (Wildman–Crippen MR) is 95.0 cm³/mol. The molecule has 2 aromatic heterocycles. The molecule has 4 aromatic rings. The van der Waals surface area contributed by atoms with Crippen molar-refractivity contribution in [3.05, 3.63) is 54.9 Å². The van der Waals surface area contributed by atoms with E-state index in [9.17, 15) is 4.79 Å². The van der Waals surface area contributed by atoms with Crippen LogP contribution in [-0.4, -0.2) is 31.8 Å². The second kappa shape index (κ2) is 6.29. The lowest BCUT2D eigenvalue weighted by atomic mass is 10.1. The molecule has 0 atom stereocenters. The third kappa shape index (κ3) is 2.81. The first-order chi connectivity index (χ1) is 11.8. The number of aromatic nitrogens is 4. The Morgan fingerprint density at radius 3 is 2.33 bits per heavy atom. The summed E-state index contributed by atoms with van der Waals surface area (Å²) in [5, 5.41) is 12.0. The molecule has 0 unspecified atom stereocenters. The van der Waals surface area contributed by atoms with Crippen LogP contribution in [0.4, 0.5) is 5.69 Å².